The number of nitrogens with zero attached hydrogens (tertiary/aromatic N) is 1. The molecule has 2 rings (SSSR count). The van der Waals surface area contributed by atoms with Gasteiger partial charge in [-0.3, -0.25) is 0 Å². The molecule has 2 aromatic rings. The van der Waals surface area contributed by atoms with E-state index in [-0.39, 0.29) is 6.54 Å². The van der Waals surface area contributed by atoms with Crippen LogP contribution in [0.3, 0.4) is 0 Å². The summed E-state index contributed by atoms with van der Waals surface area (Å²) in [7, 11) is 1.70. The molecular weight excluding hydrogens is 292 g/mol. The van der Waals surface area contributed by atoms with E-state index in [0.717, 1.165) is 5.56 Å². The number of likely N-dealkylation sites (N-methyl/N-ethyl adjacent to an activating group) is 1. The summed E-state index contributed by atoms with van der Waals surface area (Å²) in [5, 5.41) is 32.0. The van der Waals surface area contributed by atoms with Gasteiger partial charge < -0.3 is 20.3 Å². The molecule has 0 saturated heterocycles. The van der Waals surface area contributed by atoms with Crippen LogP contribution in [0.15, 0.2) is 48.5 Å². The van der Waals surface area contributed by atoms with Crippen molar-refractivity contribution in [2.24, 2.45) is 0 Å². The summed E-state index contributed by atoms with van der Waals surface area (Å²) in [6.07, 6.45) is -1.98. The van der Waals surface area contributed by atoms with E-state index in [4.69, 9.17) is 4.74 Å². The number of aliphatic hydroxyl groups is 2. The fourth-order valence-electron chi connectivity index (χ4n) is 2.21. The van der Waals surface area contributed by atoms with Crippen molar-refractivity contribution in [3.8, 4) is 11.8 Å². The minimum atomic E-state index is -1.05. The van der Waals surface area contributed by atoms with Crippen LogP contribution in [-0.2, 0) is 6.61 Å². The molecule has 0 aliphatic heterocycles. The van der Waals surface area contributed by atoms with E-state index in [1.807, 2.05) is 30.3 Å². The number of ether oxygens (including phenoxy) is 1. The minimum absolute atomic E-state index is 0.265. The molecule has 2 atom stereocenters. The Kier molecular flexibility index (Phi) is 6.12. The standard InChI is InChI=1S/C18H20N2O3/c1-20-11-16(21)18(22)14-7-8-15(10-19)17(9-14)23-12-13-5-3-2-4-6-13/h2-9,16,18,20-22H,11-12H2,1H3. The Balaban J connectivity index is 2.17. The van der Waals surface area contributed by atoms with Gasteiger partial charge in [-0.1, -0.05) is 36.4 Å². The maximum absolute atomic E-state index is 10.2. The van der Waals surface area contributed by atoms with Gasteiger partial charge in [-0.15, -0.1) is 0 Å². The molecule has 23 heavy (non-hydrogen) atoms. The van der Waals surface area contributed by atoms with Gasteiger partial charge >= 0.3 is 0 Å². The molecular formula is C18H20N2O3. The van der Waals surface area contributed by atoms with Crippen LogP contribution in [-0.4, -0.2) is 29.9 Å². The fourth-order valence-corrected chi connectivity index (χ4v) is 2.21. The second kappa shape index (κ2) is 8.30. The molecule has 2 aromatic carbocycles. The Labute approximate surface area is 135 Å². The van der Waals surface area contributed by atoms with Crippen LogP contribution in [0.5, 0.6) is 5.75 Å². The van der Waals surface area contributed by atoms with E-state index in [2.05, 4.69) is 11.4 Å². The van der Waals surface area contributed by atoms with Crippen molar-refractivity contribution in [3.63, 3.8) is 0 Å². The monoisotopic (exact) mass is 312 g/mol. The number of rotatable bonds is 7. The molecule has 0 heterocycles. The van der Waals surface area contributed by atoms with Crippen LogP contribution < -0.4 is 10.1 Å². The predicted octanol–water partition coefficient (Wildman–Crippen LogP) is 1.75. The Morgan fingerprint density at radius 3 is 2.57 bits per heavy atom. The van der Waals surface area contributed by atoms with Crippen molar-refractivity contribution in [2.75, 3.05) is 13.6 Å². The summed E-state index contributed by atoms with van der Waals surface area (Å²) < 4.78 is 5.71. The van der Waals surface area contributed by atoms with E-state index in [1.54, 1.807) is 25.2 Å². The van der Waals surface area contributed by atoms with E-state index in [9.17, 15) is 15.5 Å². The molecule has 0 spiro atoms. The van der Waals surface area contributed by atoms with Crippen LogP contribution in [0.1, 0.15) is 22.8 Å². The van der Waals surface area contributed by atoms with Crippen LogP contribution in [0.25, 0.3) is 0 Å². The Bertz CT molecular complexity index is 668. The Hall–Kier alpha value is -2.39. The van der Waals surface area contributed by atoms with Crippen molar-refractivity contribution in [1.29, 1.82) is 5.26 Å². The Morgan fingerprint density at radius 1 is 1.17 bits per heavy atom. The van der Waals surface area contributed by atoms with Gasteiger partial charge in [-0.25, -0.2) is 0 Å². The SMILES string of the molecule is CNCC(O)C(O)c1ccc(C#N)c(OCc2ccccc2)c1. The van der Waals surface area contributed by atoms with Crippen molar-refractivity contribution < 1.29 is 14.9 Å². The number of hydrogen-bond donors (Lipinski definition) is 3. The van der Waals surface area contributed by atoms with Crippen molar-refractivity contribution in [1.82, 2.24) is 5.32 Å². The summed E-state index contributed by atoms with van der Waals surface area (Å²) in [5.41, 5.74) is 1.88. The third kappa shape index (κ3) is 4.54. The second-order valence-corrected chi connectivity index (χ2v) is 5.21. The number of nitriles is 1. The first kappa shape index (κ1) is 17.0. The number of aliphatic hydroxyl groups excluding tert-OH is 2. The molecule has 0 saturated carbocycles. The molecule has 0 aliphatic rings. The molecule has 0 fully saturated rings. The summed E-state index contributed by atoms with van der Waals surface area (Å²) in [4.78, 5) is 0. The first-order valence-electron chi connectivity index (χ1n) is 7.37. The highest BCUT2D eigenvalue weighted by molar-refractivity contribution is 5.46. The van der Waals surface area contributed by atoms with Gasteiger partial charge in [0.05, 0.1) is 11.7 Å². The number of benzene rings is 2. The number of hydrogen-bond acceptors (Lipinski definition) is 5. The van der Waals surface area contributed by atoms with Gasteiger partial charge in [0.2, 0.25) is 0 Å². The maximum Gasteiger partial charge on any atom is 0.137 e. The molecule has 0 bridgehead atoms. The van der Waals surface area contributed by atoms with Crippen LogP contribution >= 0.6 is 0 Å². The van der Waals surface area contributed by atoms with Crippen molar-refractivity contribution >= 4 is 0 Å². The molecule has 120 valence electrons. The number of nitrogens with one attached hydrogen (secondary N) is 1. The van der Waals surface area contributed by atoms with E-state index >= 15 is 0 Å². The largest absolute Gasteiger partial charge is 0.488 e. The quantitative estimate of drug-likeness (QED) is 0.725. The lowest BCUT2D eigenvalue weighted by atomic mass is 10.0. The van der Waals surface area contributed by atoms with Crippen LogP contribution in [0.4, 0.5) is 0 Å². The summed E-state index contributed by atoms with van der Waals surface area (Å²) in [5.74, 6) is 0.393. The molecule has 0 amide bonds. The third-order valence-electron chi connectivity index (χ3n) is 3.48. The zero-order chi connectivity index (χ0) is 16.7. The first-order chi connectivity index (χ1) is 11.2. The van der Waals surface area contributed by atoms with Gasteiger partial charge in [0.15, 0.2) is 0 Å². The topological polar surface area (TPSA) is 85.5 Å². The van der Waals surface area contributed by atoms with Crippen LogP contribution in [0, 0.1) is 11.3 Å². The highest BCUT2D eigenvalue weighted by Crippen LogP contribution is 2.26. The zero-order valence-electron chi connectivity index (χ0n) is 12.9. The smallest absolute Gasteiger partial charge is 0.137 e. The molecule has 0 aliphatic carbocycles. The molecule has 2 unspecified atom stereocenters. The predicted molar refractivity (Wildman–Crippen MR) is 86.8 cm³/mol. The summed E-state index contributed by atoms with van der Waals surface area (Å²) in [6, 6.07) is 16.5. The van der Waals surface area contributed by atoms with E-state index < -0.39 is 12.2 Å². The lowest BCUT2D eigenvalue weighted by molar-refractivity contribution is 0.0201. The normalized spacial score (nSPS) is 13.1. The minimum Gasteiger partial charge on any atom is -0.488 e. The molecule has 5 heteroatoms. The summed E-state index contributed by atoms with van der Waals surface area (Å²) >= 11 is 0. The molecule has 3 N–H and O–H groups in total. The highest BCUT2D eigenvalue weighted by atomic mass is 16.5. The third-order valence-corrected chi connectivity index (χ3v) is 3.48. The van der Waals surface area contributed by atoms with Gasteiger partial charge in [0, 0.05) is 6.54 Å². The van der Waals surface area contributed by atoms with E-state index in [1.165, 1.54) is 0 Å². The molecule has 5 nitrogen and oxygen atoms in total. The average molecular weight is 312 g/mol. The average Bonchev–Trinajstić information content (AvgIpc) is 2.60. The van der Waals surface area contributed by atoms with Crippen molar-refractivity contribution in [2.45, 2.75) is 18.8 Å². The highest BCUT2D eigenvalue weighted by Gasteiger charge is 2.19. The Morgan fingerprint density at radius 2 is 1.91 bits per heavy atom. The zero-order valence-corrected chi connectivity index (χ0v) is 12.9. The van der Waals surface area contributed by atoms with Crippen LogP contribution in [0.2, 0.25) is 0 Å². The molecule has 0 radical (unpaired) electrons. The maximum atomic E-state index is 10.2. The van der Waals surface area contributed by atoms with E-state index in [0.29, 0.717) is 23.5 Å². The van der Waals surface area contributed by atoms with Gasteiger partial charge in [-0.2, -0.15) is 5.26 Å². The lowest BCUT2D eigenvalue weighted by Crippen LogP contribution is -2.29. The molecule has 0 aromatic heterocycles. The van der Waals surface area contributed by atoms with Crippen molar-refractivity contribution in [3.05, 3.63) is 65.2 Å². The lowest BCUT2D eigenvalue weighted by Gasteiger charge is -2.19. The van der Waals surface area contributed by atoms with Gasteiger partial charge in [0.25, 0.3) is 0 Å². The summed E-state index contributed by atoms with van der Waals surface area (Å²) in [6.45, 7) is 0.593. The fraction of sp³-hybridized carbons (Fsp3) is 0.278. The second-order valence-electron chi connectivity index (χ2n) is 5.21. The van der Waals surface area contributed by atoms with Gasteiger partial charge in [0.1, 0.15) is 24.5 Å². The first-order valence-corrected chi connectivity index (χ1v) is 7.37. The van der Waals surface area contributed by atoms with Gasteiger partial charge in [-0.05, 0) is 30.3 Å².